The second-order valence-electron chi connectivity index (χ2n) is 4.19. The van der Waals surface area contributed by atoms with Crippen LogP contribution in [0.1, 0.15) is 58.4 Å². The minimum Gasteiger partial charge on any atom is -0.493 e. The van der Waals surface area contributed by atoms with Gasteiger partial charge in [-0.2, -0.15) is 0 Å². The largest absolute Gasteiger partial charge is 0.493 e. The summed E-state index contributed by atoms with van der Waals surface area (Å²) in [7, 11) is 1.23. The molecule has 4 nitrogen and oxygen atoms in total. The van der Waals surface area contributed by atoms with Crippen molar-refractivity contribution in [1.29, 1.82) is 0 Å². The van der Waals surface area contributed by atoms with Crippen LogP contribution in [-0.2, 0) is 4.79 Å². The monoisotopic (exact) mass is 286 g/mol. The molecule has 20 heavy (non-hydrogen) atoms. The van der Waals surface area contributed by atoms with E-state index in [2.05, 4.69) is 5.32 Å². The highest BCUT2D eigenvalue weighted by atomic mass is 16.5. The van der Waals surface area contributed by atoms with Crippen molar-refractivity contribution in [1.82, 2.24) is 5.32 Å². The van der Waals surface area contributed by atoms with Crippen LogP contribution in [0, 0.1) is 0 Å². The van der Waals surface area contributed by atoms with Crippen LogP contribution < -0.4 is 14.8 Å². The van der Waals surface area contributed by atoms with Crippen molar-refractivity contribution in [3.8, 4) is 11.5 Å². The summed E-state index contributed by atoms with van der Waals surface area (Å²) >= 11 is 0. The molecule has 0 radical (unpaired) electrons. The maximum absolute atomic E-state index is 11.8. The lowest BCUT2D eigenvalue weighted by Crippen LogP contribution is -2.14. The Morgan fingerprint density at radius 2 is 2.15 bits per heavy atom. The molecule has 0 spiro atoms. The molecule has 1 aliphatic carbocycles. The predicted molar refractivity (Wildman–Crippen MR) is 76.2 cm³/mol. The fraction of sp³-hybridized carbons (Fsp3) is 0.562. The van der Waals surface area contributed by atoms with E-state index < -0.39 is 49.8 Å². The Morgan fingerprint density at radius 1 is 1.35 bits per heavy atom. The number of carbonyl (C=O) groups excluding carboxylic acids is 1. The maximum Gasteiger partial charge on any atom is 0.220 e. The summed E-state index contributed by atoms with van der Waals surface area (Å²) in [6.07, 6.45) is -17.5. The van der Waals surface area contributed by atoms with Crippen molar-refractivity contribution in [3.05, 3.63) is 23.8 Å². The Bertz CT molecular complexity index is 894. The topological polar surface area (TPSA) is 47.6 Å². The summed E-state index contributed by atoms with van der Waals surface area (Å²) in [4.78, 5) is 11.8. The van der Waals surface area contributed by atoms with Gasteiger partial charge in [-0.15, -0.1) is 0 Å². The highest BCUT2D eigenvalue weighted by Crippen LogP contribution is 2.35. The first-order valence-corrected chi connectivity index (χ1v) is 6.03. The predicted octanol–water partition coefficient (Wildman–Crippen LogP) is 2.62. The zero-order valence-corrected chi connectivity index (χ0v) is 10.7. The van der Waals surface area contributed by atoms with Crippen LogP contribution >= 0.6 is 0 Å². The van der Waals surface area contributed by atoms with Crippen molar-refractivity contribution < 1.29 is 29.3 Å². The molecule has 0 bridgehead atoms. The van der Waals surface area contributed by atoms with Gasteiger partial charge in [-0.3, -0.25) is 4.79 Å². The van der Waals surface area contributed by atoms with E-state index in [-0.39, 0.29) is 23.6 Å². The van der Waals surface area contributed by atoms with E-state index in [1.807, 2.05) is 0 Å². The molecule has 1 atom stereocenters. The third-order valence-corrected chi connectivity index (χ3v) is 2.92. The molecule has 1 amide bonds. The number of rotatable bonds is 4. The smallest absolute Gasteiger partial charge is 0.220 e. The summed E-state index contributed by atoms with van der Waals surface area (Å²) < 4.78 is 98.9. The first kappa shape index (κ1) is 5.58. The molecule has 1 unspecified atom stereocenters. The molecule has 2 fully saturated rings. The van der Waals surface area contributed by atoms with Crippen LogP contribution in [0.25, 0.3) is 0 Å². The first-order chi connectivity index (χ1) is 13.9. The normalized spacial score (nSPS) is 47.2. The second-order valence-corrected chi connectivity index (χ2v) is 4.19. The molecule has 1 N–H and O–H groups in total. The van der Waals surface area contributed by atoms with Gasteiger partial charge in [0.1, 0.15) is 0 Å². The fourth-order valence-corrected chi connectivity index (χ4v) is 1.95. The molecule has 1 heterocycles. The van der Waals surface area contributed by atoms with Crippen LogP contribution in [-0.4, -0.2) is 25.7 Å². The Labute approximate surface area is 134 Å². The summed E-state index contributed by atoms with van der Waals surface area (Å²) in [6.45, 7) is -0.360. The highest BCUT2D eigenvalue weighted by Gasteiger charge is 2.25. The maximum atomic E-state index is 11.8. The van der Waals surface area contributed by atoms with Crippen molar-refractivity contribution >= 4 is 5.91 Å². The lowest BCUT2D eigenvalue weighted by molar-refractivity contribution is -0.119. The molecule has 1 aliphatic heterocycles. The number of hydrogen-bond acceptors (Lipinski definition) is 3. The van der Waals surface area contributed by atoms with Gasteiger partial charge in [-0.25, -0.2) is 0 Å². The zero-order valence-electron chi connectivity index (χ0n) is 21.7. The molecule has 1 saturated heterocycles. The molecule has 108 valence electrons. The van der Waals surface area contributed by atoms with Gasteiger partial charge in [0, 0.05) is 33.9 Å². The van der Waals surface area contributed by atoms with Gasteiger partial charge in [0.2, 0.25) is 5.91 Å². The Hall–Kier alpha value is -1.71. The molecular formula is C16H21NO3. The number of nitrogens with one attached hydrogen (secondary N) is 1. The van der Waals surface area contributed by atoms with E-state index in [1.54, 1.807) is 0 Å². The number of ether oxygens (including phenoxy) is 2. The number of hydrogen-bond donors (Lipinski definition) is 1. The van der Waals surface area contributed by atoms with Gasteiger partial charge < -0.3 is 14.8 Å². The van der Waals surface area contributed by atoms with Crippen molar-refractivity contribution in [2.75, 3.05) is 13.7 Å². The molecule has 3 rings (SSSR count). The summed E-state index contributed by atoms with van der Waals surface area (Å²) in [5, 5.41) is 2.28. The average molecular weight is 286 g/mol. The minimum absolute atomic E-state index is 0.0446. The third-order valence-electron chi connectivity index (χ3n) is 2.92. The van der Waals surface area contributed by atoms with E-state index in [0.29, 0.717) is 0 Å². The summed E-state index contributed by atoms with van der Waals surface area (Å²) in [5.41, 5.74) is -0.0446. The van der Waals surface area contributed by atoms with Gasteiger partial charge >= 0.3 is 0 Å². The average Bonchev–Trinajstić information content (AvgIpc) is 2.91. The van der Waals surface area contributed by atoms with Gasteiger partial charge in [-0.1, -0.05) is 6.07 Å². The summed E-state index contributed by atoms with van der Waals surface area (Å²) in [6, 6.07) is 3.68. The Balaban J connectivity index is 2.10. The number of carbonyl (C=O) groups is 1. The van der Waals surface area contributed by atoms with Gasteiger partial charge in [0.25, 0.3) is 0 Å². The lowest BCUT2D eigenvalue weighted by Gasteiger charge is -2.18. The fourth-order valence-electron chi connectivity index (χ4n) is 1.95. The van der Waals surface area contributed by atoms with E-state index in [0.717, 1.165) is 6.07 Å². The molecule has 1 aromatic rings. The quantitative estimate of drug-likeness (QED) is 0.925. The Kier molecular flexibility index (Phi) is 1.60. The van der Waals surface area contributed by atoms with Gasteiger partial charge in [0.05, 0.1) is 13.2 Å². The molecule has 0 aromatic heterocycles. The van der Waals surface area contributed by atoms with E-state index >= 15 is 0 Å². The number of methoxy groups -OCH3 is 1. The molecule has 4 heteroatoms. The van der Waals surface area contributed by atoms with Gasteiger partial charge in [0.15, 0.2) is 11.5 Å². The molecule has 1 saturated carbocycles. The number of benzene rings is 1. The zero-order chi connectivity index (χ0) is 23.8. The minimum atomic E-state index is -3.24. The standard InChI is InChI=1S/C16H21NO3/c1-19-14-7-6-11(12-9-16(18)17-10-12)8-15(14)20-13-4-2-3-5-13/h6-8,12-13H,2-5,9-10H2,1H3,(H,17,18)/i2D2,3D2,4D2,5D2,9D2,12D. The second kappa shape index (κ2) is 5.73. The van der Waals surface area contributed by atoms with Crippen molar-refractivity contribution in [2.45, 2.75) is 43.9 Å². The highest BCUT2D eigenvalue weighted by molar-refractivity contribution is 5.79. The SMILES string of the molecule is [2H]C1([2H])C(=O)NCC1([2H])c1ccc(OC)c(OC2C([2H])([2H])C([2H])([2H])C([2H])([2H])C2([2H])[2H])c1. The van der Waals surface area contributed by atoms with Crippen LogP contribution in [0.15, 0.2) is 18.2 Å². The molecule has 2 aliphatic rings. The summed E-state index contributed by atoms with van der Waals surface area (Å²) in [5.74, 6) is -3.45. The lowest BCUT2D eigenvalue weighted by atomic mass is 9.98. The van der Waals surface area contributed by atoms with Crippen LogP contribution in [0.4, 0.5) is 0 Å². The first-order valence-electron chi connectivity index (χ1n) is 11.5. The van der Waals surface area contributed by atoms with Crippen LogP contribution in [0.2, 0.25) is 0 Å². The molecule has 1 aromatic carbocycles. The van der Waals surface area contributed by atoms with E-state index in [9.17, 15) is 4.79 Å². The van der Waals surface area contributed by atoms with Crippen LogP contribution in [0.3, 0.4) is 0 Å². The Morgan fingerprint density at radius 3 is 2.80 bits per heavy atom. The van der Waals surface area contributed by atoms with E-state index in [4.69, 9.17) is 24.6 Å². The van der Waals surface area contributed by atoms with Crippen molar-refractivity contribution in [3.63, 3.8) is 0 Å². The van der Waals surface area contributed by atoms with Gasteiger partial charge in [-0.05, 0) is 43.2 Å². The number of amides is 1. The molecular weight excluding hydrogens is 254 g/mol. The van der Waals surface area contributed by atoms with Crippen LogP contribution in [0.5, 0.6) is 11.5 Å². The van der Waals surface area contributed by atoms with Crippen molar-refractivity contribution in [2.24, 2.45) is 0 Å². The third kappa shape index (κ3) is 2.74. The van der Waals surface area contributed by atoms with E-state index in [1.165, 1.54) is 19.2 Å².